The van der Waals surface area contributed by atoms with E-state index in [0.29, 0.717) is 32.8 Å². The molecule has 4 aromatic rings. The Kier molecular flexibility index (Phi) is 5.84. The van der Waals surface area contributed by atoms with E-state index in [0.717, 1.165) is 16.5 Å². The van der Waals surface area contributed by atoms with Crippen molar-refractivity contribution < 1.29 is 9.18 Å². The van der Waals surface area contributed by atoms with Crippen molar-refractivity contribution in [2.75, 3.05) is 0 Å². The number of halogens is 2. The van der Waals surface area contributed by atoms with Gasteiger partial charge in [0.2, 0.25) is 0 Å². The number of nitrogens with one attached hydrogen (secondary N) is 1. The number of carbonyl (C=O) groups is 1. The summed E-state index contributed by atoms with van der Waals surface area (Å²) in [7, 11) is 0. The number of nitrogens with zero attached hydrogens (tertiary/aromatic N) is 2. The van der Waals surface area contributed by atoms with Crippen LogP contribution in [0.2, 0.25) is 4.34 Å². The van der Waals surface area contributed by atoms with Crippen molar-refractivity contribution in [1.82, 2.24) is 14.5 Å². The lowest BCUT2D eigenvalue weighted by Gasteiger charge is -2.08. The van der Waals surface area contributed by atoms with Crippen molar-refractivity contribution in [2.24, 2.45) is 0 Å². The monoisotopic (exact) mass is 457 g/mol. The van der Waals surface area contributed by atoms with Crippen LogP contribution >= 0.6 is 22.9 Å². The lowest BCUT2D eigenvalue weighted by molar-refractivity contribution is -0.118. The van der Waals surface area contributed by atoms with E-state index < -0.39 is 22.9 Å². The van der Waals surface area contributed by atoms with Gasteiger partial charge in [0.25, 0.3) is 5.56 Å². The second-order valence-corrected chi connectivity index (χ2v) is 8.99. The lowest BCUT2D eigenvalue weighted by Crippen LogP contribution is -2.35. The van der Waals surface area contributed by atoms with E-state index in [2.05, 4.69) is 9.97 Å². The van der Waals surface area contributed by atoms with Crippen LogP contribution < -0.4 is 11.2 Å². The molecule has 1 N–H and O–H groups in total. The van der Waals surface area contributed by atoms with Crippen molar-refractivity contribution in [3.05, 3.63) is 89.6 Å². The molecule has 0 saturated carbocycles. The number of Topliss-reactive ketones (excluding diaryl/α,β-unsaturated/α-hetero) is 1. The molecule has 3 heterocycles. The summed E-state index contributed by atoms with van der Waals surface area (Å²) >= 11 is 7.30. The van der Waals surface area contributed by atoms with Gasteiger partial charge in [-0.1, -0.05) is 17.7 Å². The molecule has 31 heavy (non-hydrogen) atoms. The molecule has 0 aliphatic heterocycles. The highest BCUT2D eigenvalue weighted by Crippen LogP contribution is 2.22. The Bertz CT molecular complexity index is 1420. The van der Waals surface area contributed by atoms with Gasteiger partial charge in [0, 0.05) is 23.9 Å². The average Bonchev–Trinajstić information content (AvgIpc) is 3.13. The van der Waals surface area contributed by atoms with Gasteiger partial charge in [0.1, 0.15) is 5.78 Å². The predicted octanol–water partition coefficient (Wildman–Crippen LogP) is 3.98. The topological polar surface area (TPSA) is 84.8 Å². The van der Waals surface area contributed by atoms with Gasteiger partial charge >= 0.3 is 5.69 Å². The number of aryl methyl sites for hydroxylation is 2. The maximum Gasteiger partial charge on any atom is 0.334 e. The molecular weight excluding hydrogens is 441 g/mol. The van der Waals surface area contributed by atoms with Crippen LogP contribution in [0, 0.1) is 12.7 Å². The minimum Gasteiger partial charge on any atom is -0.306 e. The zero-order valence-electron chi connectivity index (χ0n) is 16.4. The maximum absolute atomic E-state index is 14.8. The number of ketones is 1. The summed E-state index contributed by atoms with van der Waals surface area (Å²) in [6.07, 6.45) is 2.17. The molecule has 9 heteroatoms. The van der Waals surface area contributed by atoms with Gasteiger partial charge in [0.15, 0.2) is 11.6 Å². The Morgan fingerprint density at radius 2 is 2.03 bits per heavy atom. The van der Waals surface area contributed by atoms with E-state index in [9.17, 15) is 18.8 Å². The number of hydrogen-bond donors (Lipinski definition) is 1. The number of thiophene rings is 1. The molecule has 0 aliphatic carbocycles. The van der Waals surface area contributed by atoms with Crippen LogP contribution in [0.1, 0.15) is 22.4 Å². The van der Waals surface area contributed by atoms with E-state index >= 15 is 0 Å². The molecule has 4 rings (SSSR count). The molecule has 158 valence electrons. The molecule has 1 aromatic carbocycles. The number of H-pyrrole nitrogens is 1. The molecule has 0 unspecified atom stereocenters. The minimum absolute atomic E-state index is 0.00552. The van der Waals surface area contributed by atoms with Crippen LogP contribution in [0.5, 0.6) is 0 Å². The number of rotatable bonds is 6. The molecule has 6 nitrogen and oxygen atoms in total. The first-order valence-corrected chi connectivity index (χ1v) is 10.7. The molecule has 0 bridgehead atoms. The third-order valence-corrected chi connectivity index (χ3v) is 6.11. The van der Waals surface area contributed by atoms with E-state index in [4.69, 9.17) is 11.6 Å². The van der Waals surface area contributed by atoms with Crippen molar-refractivity contribution >= 4 is 39.6 Å². The fourth-order valence-electron chi connectivity index (χ4n) is 3.32. The van der Waals surface area contributed by atoms with Crippen molar-refractivity contribution in [3.8, 4) is 5.82 Å². The summed E-state index contributed by atoms with van der Waals surface area (Å²) in [5, 5.41) is 0.249. The molecule has 0 fully saturated rings. The molecule has 0 amide bonds. The summed E-state index contributed by atoms with van der Waals surface area (Å²) < 4.78 is 16.1. The van der Waals surface area contributed by atoms with Gasteiger partial charge < -0.3 is 4.98 Å². The third kappa shape index (κ3) is 4.50. The SMILES string of the molecule is Cc1ccc2c(=O)n(-c3ncc(CC(=O)CCc4ccc(Cl)s4)cc3F)c(=O)[nH]c2c1. The van der Waals surface area contributed by atoms with Gasteiger partial charge in [-0.05, 0) is 54.8 Å². The zero-order chi connectivity index (χ0) is 22.1. The first-order valence-electron chi connectivity index (χ1n) is 9.48. The van der Waals surface area contributed by atoms with Crippen molar-refractivity contribution in [3.63, 3.8) is 0 Å². The molecular formula is C22H17ClFN3O3S. The normalized spacial score (nSPS) is 11.2. The van der Waals surface area contributed by atoms with Crippen LogP contribution in [-0.2, 0) is 17.6 Å². The van der Waals surface area contributed by atoms with Gasteiger partial charge in [-0.25, -0.2) is 18.7 Å². The van der Waals surface area contributed by atoms with Crippen LogP contribution in [0.15, 0.2) is 52.2 Å². The Morgan fingerprint density at radius 3 is 2.74 bits per heavy atom. The molecule has 0 saturated heterocycles. The minimum atomic E-state index is -0.852. The number of carbonyl (C=O) groups excluding carboxylic acids is 1. The van der Waals surface area contributed by atoms with E-state index in [1.165, 1.54) is 17.5 Å². The highest BCUT2D eigenvalue weighted by Gasteiger charge is 2.16. The number of pyridine rings is 1. The van der Waals surface area contributed by atoms with Crippen LogP contribution in [-0.4, -0.2) is 20.3 Å². The second kappa shape index (κ2) is 8.56. The standard InChI is InChI=1S/C22H17ClFN3O3S/c1-12-2-6-16-18(8-12)26-22(30)27(21(16)29)20-17(24)10-13(11-25-20)9-14(28)3-4-15-5-7-19(23)31-15/h2,5-8,10-11H,3-4,9H2,1H3,(H,26,30). The molecule has 0 aliphatic rings. The number of hydrogen-bond acceptors (Lipinski definition) is 5. The first-order chi connectivity index (χ1) is 14.8. The molecule has 0 atom stereocenters. The molecule has 0 radical (unpaired) electrons. The Labute approximate surface area is 185 Å². The second-order valence-electron chi connectivity index (χ2n) is 7.19. The Balaban J connectivity index is 1.58. The van der Waals surface area contributed by atoms with Crippen LogP contribution in [0.3, 0.4) is 0 Å². The maximum atomic E-state index is 14.8. The number of benzene rings is 1. The Morgan fingerprint density at radius 1 is 1.23 bits per heavy atom. The highest BCUT2D eigenvalue weighted by molar-refractivity contribution is 7.16. The molecule has 0 spiro atoms. The summed E-state index contributed by atoms with van der Waals surface area (Å²) in [5.41, 5.74) is 0.176. The largest absolute Gasteiger partial charge is 0.334 e. The van der Waals surface area contributed by atoms with Gasteiger partial charge in [-0.15, -0.1) is 11.3 Å². The fraction of sp³-hybridized carbons (Fsp3) is 0.182. The summed E-state index contributed by atoms with van der Waals surface area (Å²) in [6, 6.07) is 9.76. The van der Waals surface area contributed by atoms with Gasteiger partial charge in [-0.2, -0.15) is 0 Å². The average molecular weight is 458 g/mol. The van der Waals surface area contributed by atoms with E-state index in [1.54, 1.807) is 24.3 Å². The van der Waals surface area contributed by atoms with Crippen LogP contribution in [0.4, 0.5) is 4.39 Å². The fourth-order valence-corrected chi connectivity index (χ4v) is 4.41. The molecule has 3 aromatic heterocycles. The smallest absolute Gasteiger partial charge is 0.306 e. The summed E-state index contributed by atoms with van der Waals surface area (Å²) in [6.45, 7) is 1.83. The van der Waals surface area contributed by atoms with Gasteiger partial charge in [-0.3, -0.25) is 9.59 Å². The quantitative estimate of drug-likeness (QED) is 0.474. The van der Waals surface area contributed by atoms with Crippen molar-refractivity contribution in [2.45, 2.75) is 26.2 Å². The summed E-state index contributed by atoms with van der Waals surface area (Å²) in [5.74, 6) is -1.33. The van der Waals surface area contributed by atoms with Crippen molar-refractivity contribution in [1.29, 1.82) is 0 Å². The number of aromatic nitrogens is 3. The van der Waals surface area contributed by atoms with Gasteiger partial charge in [0.05, 0.1) is 15.2 Å². The highest BCUT2D eigenvalue weighted by atomic mass is 35.5. The predicted molar refractivity (Wildman–Crippen MR) is 119 cm³/mol. The third-order valence-electron chi connectivity index (χ3n) is 4.82. The summed E-state index contributed by atoms with van der Waals surface area (Å²) in [4.78, 5) is 45.0. The van der Waals surface area contributed by atoms with E-state index in [-0.39, 0.29) is 17.6 Å². The van der Waals surface area contributed by atoms with Crippen LogP contribution in [0.25, 0.3) is 16.7 Å². The number of fused-ring (bicyclic) bond motifs is 1. The number of aromatic amines is 1. The first kappa shape index (κ1) is 21.1. The zero-order valence-corrected chi connectivity index (χ0v) is 18.0. The van der Waals surface area contributed by atoms with E-state index in [1.807, 2.05) is 13.0 Å². The Hall–Kier alpha value is -3.10. The lowest BCUT2D eigenvalue weighted by atomic mass is 10.1.